The molecule has 3 N–H and O–H groups in total. The Bertz CT molecular complexity index is 1060. The Morgan fingerprint density at radius 3 is 2.31 bits per heavy atom. The second-order valence-electron chi connectivity index (χ2n) is 7.78. The Labute approximate surface area is 151 Å². The molecular formula is C20H24N4O2. The predicted octanol–water partition coefficient (Wildman–Crippen LogP) is 0.477. The Hall–Kier alpha value is -2.89. The molecule has 136 valence electrons. The first-order valence-corrected chi connectivity index (χ1v) is 8.61. The maximum Gasteiger partial charge on any atom is 0.272 e. The van der Waals surface area contributed by atoms with Crippen molar-refractivity contribution in [3.8, 4) is 0 Å². The molecule has 26 heavy (non-hydrogen) atoms. The van der Waals surface area contributed by atoms with Crippen LogP contribution in [0.2, 0.25) is 0 Å². The van der Waals surface area contributed by atoms with Crippen LogP contribution in [0.4, 0.5) is 0 Å². The molecule has 0 saturated carbocycles. The summed E-state index contributed by atoms with van der Waals surface area (Å²) in [6.07, 6.45) is 5.03. The van der Waals surface area contributed by atoms with E-state index in [9.17, 15) is 9.59 Å². The van der Waals surface area contributed by atoms with Gasteiger partial charge in [0.1, 0.15) is 10.7 Å². The number of aromatic amines is 2. The number of hydrogen-bond acceptors (Lipinski definition) is 4. The van der Waals surface area contributed by atoms with Crippen LogP contribution >= 0.6 is 0 Å². The predicted molar refractivity (Wildman–Crippen MR) is 105 cm³/mol. The summed E-state index contributed by atoms with van der Waals surface area (Å²) < 4.78 is 0. The normalized spacial score (nSPS) is 24.1. The van der Waals surface area contributed by atoms with Gasteiger partial charge in [0.15, 0.2) is 0 Å². The summed E-state index contributed by atoms with van der Waals surface area (Å²) in [5.74, 6) is 0. The van der Waals surface area contributed by atoms with Crippen molar-refractivity contribution in [1.29, 1.82) is 0 Å². The molecule has 6 nitrogen and oxygen atoms in total. The molecule has 2 unspecified atom stereocenters. The van der Waals surface area contributed by atoms with Crippen LogP contribution in [-0.4, -0.2) is 27.9 Å². The molecule has 0 fully saturated rings. The van der Waals surface area contributed by atoms with E-state index in [0.717, 1.165) is 5.56 Å². The lowest BCUT2D eigenvalue weighted by Crippen LogP contribution is -2.56. The Morgan fingerprint density at radius 1 is 1.04 bits per heavy atom. The van der Waals surface area contributed by atoms with Crippen LogP contribution in [0.5, 0.6) is 0 Å². The van der Waals surface area contributed by atoms with Gasteiger partial charge in [-0.25, -0.2) is 0 Å². The summed E-state index contributed by atoms with van der Waals surface area (Å²) in [4.78, 5) is 34.7. The molecule has 3 rings (SSSR count). The molecule has 0 radical (unpaired) electrons. The molecule has 1 aromatic carbocycles. The average Bonchev–Trinajstić information content (AvgIpc) is 2.95. The molecule has 2 atom stereocenters. The number of H-pyrrole nitrogens is 2. The maximum absolute atomic E-state index is 12.5. The third kappa shape index (κ3) is 3.27. The average molecular weight is 352 g/mol. The first-order valence-electron chi connectivity index (χ1n) is 8.61. The zero-order chi connectivity index (χ0) is 18.9. The minimum absolute atomic E-state index is 0.0985. The lowest BCUT2D eigenvalue weighted by Gasteiger charge is -2.41. The van der Waals surface area contributed by atoms with Crippen molar-refractivity contribution in [2.75, 3.05) is 0 Å². The van der Waals surface area contributed by atoms with Gasteiger partial charge in [-0.15, -0.1) is 0 Å². The number of hydrogen-bond donors (Lipinski definition) is 3. The van der Waals surface area contributed by atoms with Gasteiger partial charge < -0.3 is 15.3 Å². The van der Waals surface area contributed by atoms with Gasteiger partial charge in [-0.2, -0.15) is 0 Å². The van der Waals surface area contributed by atoms with Crippen molar-refractivity contribution in [2.24, 2.45) is 10.4 Å². The van der Waals surface area contributed by atoms with Crippen molar-refractivity contribution < 1.29 is 0 Å². The van der Waals surface area contributed by atoms with Gasteiger partial charge in [-0.1, -0.05) is 51.1 Å². The lowest BCUT2D eigenvalue weighted by molar-refractivity contribution is 0.185. The highest BCUT2D eigenvalue weighted by Gasteiger charge is 2.45. The standard InChI is InChI=1S/C20H24N4O2/c1-19(2,3)20(4)16(21-12-22-20)11-15-18(26)23-14(17(25)24-15)10-13-8-6-5-7-9-13/h5-12,16H,1-4H3,(H,21,22)(H,23,26)(H,24,25)/b14-10-,15-11-. The SMILES string of the molecule is CC(C)(C)C1(C)NC=NC1/C=c1\[nH]c(=O)/c(=C/c2ccccc2)[nH]c1=O. The number of aliphatic imine (C=N–C) groups is 1. The molecule has 0 amide bonds. The summed E-state index contributed by atoms with van der Waals surface area (Å²) in [7, 11) is 0. The van der Waals surface area contributed by atoms with Crippen LogP contribution in [0.15, 0.2) is 44.9 Å². The molecule has 0 bridgehead atoms. The van der Waals surface area contributed by atoms with Crippen molar-refractivity contribution >= 4 is 18.5 Å². The Morgan fingerprint density at radius 2 is 1.65 bits per heavy atom. The van der Waals surface area contributed by atoms with E-state index in [2.05, 4.69) is 48.0 Å². The molecule has 2 aromatic rings. The molecular weight excluding hydrogens is 328 g/mol. The third-order valence-electron chi connectivity index (χ3n) is 5.17. The van der Waals surface area contributed by atoms with Gasteiger partial charge in [-0.3, -0.25) is 14.6 Å². The molecule has 1 aromatic heterocycles. The van der Waals surface area contributed by atoms with Crippen molar-refractivity contribution in [2.45, 2.75) is 39.3 Å². The third-order valence-corrected chi connectivity index (χ3v) is 5.17. The molecule has 1 aliphatic rings. The fourth-order valence-corrected chi connectivity index (χ4v) is 2.94. The molecule has 0 spiro atoms. The van der Waals surface area contributed by atoms with Crippen molar-refractivity contribution in [3.05, 3.63) is 67.3 Å². The maximum atomic E-state index is 12.5. The van der Waals surface area contributed by atoms with E-state index in [1.54, 1.807) is 18.5 Å². The summed E-state index contributed by atoms with van der Waals surface area (Å²) in [5.41, 5.74) is -0.295. The summed E-state index contributed by atoms with van der Waals surface area (Å²) >= 11 is 0. The quantitative estimate of drug-likeness (QED) is 0.734. The summed E-state index contributed by atoms with van der Waals surface area (Å²) in [6, 6.07) is 9.11. The van der Waals surface area contributed by atoms with E-state index in [1.807, 2.05) is 30.3 Å². The molecule has 0 aliphatic carbocycles. The zero-order valence-corrected chi connectivity index (χ0v) is 15.5. The highest BCUT2D eigenvalue weighted by atomic mass is 16.1. The van der Waals surface area contributed by atoms with Crippen LogP contribution in [0.1, 0.15) is 33.3 Å². The first-order chi connectivity index (χ1) is 12.2. The number of nitrogens with one attached hydrogen (secondary N) is 3. The topological polar surface area (TPSA) is 90.1 Å². The first kappa shape index (κ1) is 17.9. The zero-order valence-electron chi connectivity index (χ0n) is 15.5. The number of rotatable bonds is 2. The van der Waals surface area contributed by atoms with Crippen molar-refractivity contribution in [1.82, 2.24) is 15.3 Å². The largest absolute Gasteiger partial charge is 0.368 e. The lowest BCUT2D eigenvalue weighted by atomic mass is 9.71. The van der Waals surface area contributed by atoms with Crippen LogP contribution < -0.4 is 27.1 Å². The molecule has 1 aliphatic heterocycles. The minimum Gasteiger partial charge on any atom is -0.368 e. The van der Waals surface area contributed by atoms with Crippen LogP contribution in [0.3, 0.4) is 0 Å². The summed E-state index contributed by atoms with van der Waals surface area (Å²) in [6.45, 7) is 8.40. The van der Waals surface area contributed by atoms with Gasteiger partial charge in [0.05, 0.1) is 17.9 Å². The second kappa shape index (κ2) is 6.44. The monoisotopic (exact) mass is 352 g/mol. The van der Waals surface area contributed by atoms with Gasteiger partial charge >= 0.3 is 0 Å². The molecule has 6 heteroatoms. The smallest absolute Gasteiger partial charge is 0.272 e. The minimum atomic E-state index is -0.356. The highest BCUT2D eigenvalue weighted by Crippen LogP contribution is 2.36. The highest BCUT2D eigenvalue weighted by molar-refractivity contribution is 5.63. The van der Waals surface area contributed by atoms with E-state index in [-0.39, 0.29) is 38.8 Å². The van der Waals surface area contributed by atoms with Crippen molar-refractivity contribution in [3.63, 3.8) is 0 Å². The fourth-order valence-electron chi connectivity index (χ4n) is 2.94. The number of aromatic nitrogens is 2. The van der Waals surface area contributed by atoms with E-state index < -0.39 is 0 Å². The van der Waals surface area contributed by atoms with Crippen LogP contribution in [0, 0.1) is 5.41 Å². The second-order valence-corrected chi connectivity index (χ2v) is 7.78. The fraction of sp³-hybridized carbons (Fsp3) is 0.350. The molecule has 2 heterocycles. The van der Waals surface area contributed by atoms with E-state index >= 15 is 0 Å². The molecule has 0 saturated heterocycles. The van der Waals surface area contributed by atoms with Gasteiger partial charge in [0, 0.05) is 0 Å². The Balaban J connectivity index is 2.08. The number of nitrogens with zero attached hydrogens (tertiary/aromatic N) is 1. The van der Waals surface area contributed by atoms with Gasteiger partial charge in [-0.05, 0) is 30.1 Å². The number of benzene rings is 1. The Kier molecular flexibility index (Phi) is 4.44. The summed E-state index contributed by atoms with van der Waals surface area (Å²) in [5, 5.41) is 3.74. The van der Waals surface area contributed by atoms with E-state index in [0.29, 0.717) is 0 Å². The van der Waals surface area contributed by atoms with E-state index in [4.69, 9.17) is 0 Å². The van der Waals surface area contributed by atoms with Crippen LogP contribution in [0.25, 0.3) is 12.2 Å². The van der Waals surface area contributed by atoms with Gasteiger partial charge in [0.2, 0.25) is 0 Å². The van der Waals surface area contributed by atoms with E-state index in [1.165, 1.54) is 0 Å². The van der Waals surface area contributed by atoms with Gasteiger partial charge in [0.25, 0.3) is 11.1 Å². The van der Waals surface area contributed by atoms with Crippen LogP contribution in [-0.2, 0) is 0 Å².